The molecule has 6 bridgehead atoms. The standard InChI is InChI=1S/C37H38N2O7/c1-38-12-11-22-18-32(45-5)36(42)37-33(22)27(38)15-20-6-9-29(43-3)26(14-20)25-16-23(7-8-28(25)40)35(41)34-24-19-31(46-37)30(44-4)17-21(24)10-13-39(34)2/h6-9,14,16-19,27,34,40,42H,10-13,15H2,1-5H3/t27-,34+/m0/s1. The number of phenolic OH excluding ortho intramolecular Hbond substituents is 2. The number of aromatic hydroxyl groups is 2. The minimum absolute atomic E-state index is 0.0605. The van der Waals surface area contributed by atoms with Gasteiger partial charge in [-0.15, -0.1) is 0 Å². The van der Waals surface area contributed by atoms with Gasteiger partial charge < -0.3 is 29.2 Å². The van der Waals surface area contributed by atoms with Crippen molar-refractivity contribution in [2.24, 2.45) is 0 Å². The first-order valence-electron chi connectivity index (χ1n) is 15.5. The molecule has 238 valence electrons. The highest BCUT2D eigenvalue weighted by atomic mass is 16.5. The number of carbonyl (C=O) groups is 1. The molecule has 0 amide bonds. The Morgan fingerprint density at radius 2 is 1.50 bits per heavy atom. The molecule has 0 aromatic heterocycles. The molecule has 0 unspecified atom stereocenters. The van der Waals surface area contributed by atoms with E-state index in [2.05, 4.69) is 11.9 Å². The summed E-state index contributed by atoms with van der Waals surface area (Å²) in [7, 11) is 8.73. The third kappa shape index (κ3) is 4.82. The highest BCUT2D eigenvalue weighted by Gasteiger charge is 2.36. The quantitative estimate of drug-likeness (QED) is 0.282. The highest BCUT2D eigenvalue weighted by molar-refractivity contribution is 6.02. The summed E-state index contributed by atoms with van der Waals surface area (Å²) in [6.45, 7) is 1.47. The van der Waals surface area contributed by atoms with Crippen molar-refractivity contribution in [1.82, 2.24) is 9.80 Å². The molecule has 9 nitrogen and oxygen atoms in total. The van der Waals surface area contributed by atoms with Gasteiger partial charge in [-0.3, -0.25) is 14.6 Å². The van der Waals surface area contributed by atoms with Crippen molar-refractivity contribution in [3.8, 4) is 51.4 Å². The average Bonchev–Trinajstić information content (AvgIpc) is 3.06. The van der Waals surface area contributed by atoms with Crippen LogP contribution >= 0.6 is 0 Å². The van der Waals surface area contributed by atoms with Gasteiger partial charge in [0.25, 0.3) is 0 Å². The number of ketones is 1. The van der Waals surface area contributed by atoms with E-state index in [-0.39, 0.29) is 23.3 Å². The number of fused-ring (bicyclic) bond motifs is 6. The van der Waals surface area contributed by atoms with Gasteiger partial charge >= 0.3 is 0 Å². The van der Waals surface area contributed by atoms with Crippen molar-refractivity contribution in [1.29, 1.82) is 0 Å². The summed E-state index contributed by atoms with van der Waals surface area (Å²) in [5.74, 6) is 2.00. The van der Waals surface area contributed by atoms with Crippen molar-refractivity contribution in [2.45, 2.75) is 31.3 Å². The van der Waals surface area contributed by atoms with Gasteiger partial charge in [0, 0.05) is 41.4 Å². The SMILES string of the molecule is COc1cc2c3cc1Oc1c(O)c(OC)cc4c1[C@H](Cc1ccc(OC)c(c1)-c1cc(ccc1O)C(=O)[C@@H]3N(C)CC2)N(C)CC4. The lowest BCUT2D eigenvalue weighted by Gasteiger charge is -2.37. The van der Waals surface area contributed by atoms with Crippen LogP contribution in [0.25, 0.3) is 11.1 Å². The Morgan fingerprint density at radius 1 is 0.783 bits per heavy atom. The van der Waals surface area contributed by atoms with Crippen molar-refractivity contribution < 1.29 is 34.0 Å². The van der Waals surface area contributed by atoms with Crippen LogP contribution in [0.15, 0.2) is 54.6 Å². The molecule has 4 aromatic rings. The fourth-order valence-corrected chi connectivity index (χ4v) is 7.27. The Bertz CT molecular complexity index is 1870. The minimum Gasteiger partial charge on any atom is -0.507 e. The molecule has 9 heteroatoms. The van der Waals surface area contributed by atoms with E-state index in [1.165, 1.54) is 7.11 Å². The summed E-state index contributed by atoms with van der Waals surface area (Å²) in [6.07, 6.45) is 2.05. The molecular formula is C37H38N2O7. The molecule has 2 N–H and O–H groups in total. The average molecular weight is 623 g/mol. The molecular weight excluding hydrogens is 584 g/mol. The minimum atomic E-state index is -0.609. The van der Waals surface area contributed by atoms with Gasteiger partial charge in [0.2, 0.25) is 5.75 Å². The number of carbonyl (C=O) groups excluding carboxylic acids is 1. The van der Waals surface area contributed by atoms with E-state index in [9.17, 15) is 15.0 Å². The second-order valence-electron chi connectivity index (χ2n) is 12.3. The second kappa shape index (κ2) is 11.6. The Kier molecular flexibility index (Phi) is 7.53. The van der Waals surface area contributed by atoms with Gasteiger partial charge in [-0.25, -0.2) is 0 Å². The predicted molar refractivity (Wildman–Crippen MR) is 174 cm³/mol. The zero-order chi connectivity index (χ0) is 32.3. The zero-order valence-corrected chi connectivity index (χ0v) is 26.7. The summed E-state index contributed by atoms with van der Waals surface area (Å²) >= 11 is 0. The molecule has 0 fully saturated rings. The van der Waals surface area contributed by atoms with Gasteiger partial charge in [0.15, 0.2) is 28.8 Å². The Hall–Kier alpha value is -4.73. The van der Waals surface area contributed by atoms with Gasteiger partial charge in [0.05, 0.1) is 27.4 Å². The molecule has 2 atom stereocenters. The van der Waals surface area contributed by atoms with E-state index in [1.54, 1.807) is 32.4 Å². The number of hydrogen-bond donors (Lipinski definition) is 2. The van der Waals surface area contributed by atoms with Crippen molar-refractivity contribution in [2.75, 3.05) is 48.5 Å². The fourth-order valence-electron chi connectivity index (χ4n) is 7.27. The Morgan fingerprint density at radius 3 is 2.26 bits per heavy atom. The van der Waals surface area contributed by atoms with E-state index in [0.717, 1.165) is 47.2 Å². The summed E-state index contributed by atoms with van der Waals surface area (Å²) in [5, 5.41) is 22.7. The zero-order valence-electron chi connectivity index (χ0n) is 26.7. The maximum atomic E-state index is 14.4. The second-order valence-corrected chi connectivity index (χ2v) is 12.3. The van der Waals surface area contributed by atoms with Crippen LogP contribution in [0.3, 0.4) is 0 Å². The van der Waals surface area contributed by atoms with Crippen LogP contribution in [-0.4, -0.2) is 74.3 Å². The molecule has 0 spiro atoms. The van der Waals surface area contributed by atoms with Crippen LogP contribution < -0.4 is 18.9 Å². The van der Waals surface area contributed by atoms with Crippen LogP contribution in [0.1, 0.15) is 50.3 Å². The first kappa shape index (κ1) is 30.0. The number of benzene rings is 4. The molecule has 4 aromatic carbocycles. The Labute approximate surface area is 268 Å². The summed E-state index contributed by atoms with van der Waals surface area (Å²) in [5.41, 5.74) is 6.36. The third-order valence-corrected chi connectivity index (χ3v) is 9.78. The topological polar surface area (TPSA) is 101 Å². The lowest BCUT2D eigenvalue weighted by atomic mass is 9.85. The van der Waals surface area contributed by atoms with E-state index >= 15 is 0 Å². The predicted octanol–water partition coefficient (Wildman–Crippen LogP) is 6.08. The molecule has 3 heterocycles. The highest BCUT2D eigenvalue weighted by Crippen LogP contribution is 2.51. The van der Waals surface area contributed by atoms with Gasteiger partial charge in [-0.05, 0) is 104 Å². The van der Waals surface area contributed by atoms with Crippen LogP contribution in [0.5, 0.6) is 40.2 Å². The number of hydrogen-bond acceptors (Lipinski definition) is 9. The van der Waals surface area contributed by atoms with E-state index < -0.39 is 6.04 Å². The molecule has 0 saturated carbocycles. The van der Waals surface area contributed by atoms with Crippen LogP contribution in [0.2, 0.25) is 0 Å². The van der Waals surface area contributed by atoms with Gasteiger partial charge in [-0.2, -0.15) is 0 Å². The van der Waals surface area contributed by atoms with E-state index in [1.807, 2.05) is 48.3 Å². The fraction of sp³-hybridized carbons (Fsp3) is 0.324. The van der Waals surface area contributed by atoms with E-state index in [4.69, 9.17) is 18.9 Å². The lowest BCUT2D eigenvalue weighted by Crippen LogP contribution is -2.37. The number of ether oxygens (including phenoxy) is 4. The van der Waals surface area contributed by atoms with Gasteiger partial charge in [0.1, 0.15) is 11.5 Å². The third-order valence-electron chi connectivity index (χ3n) is 9.78. The number of phenols is 2. The lowest BCUT2D eigenvalue weighted by molar-refractivity contribution is 0.0838. The number of Topliss-reactive ketones (excluding diaryl/α,β-unsaturated/α-hetero) is 1. The van der Waals surface area contributed by atoms with E-state index in [0.29, 0.717) is 58.4 Å². The number of rotatable bonds is 3. The first-order valence-corrected chi connectivity index (χ1v) is 15.5. The summed E-state index contributed by atoms with van der Waals surface area (Å²) in [6, 6.07) is 15.9. The molecule has 0 saturated heterocycles. The number of nitrogens with zero attached hydrogens (tertiary/aromatic N) is 2. The van der Waals surface area contributed by atoms with Crippen molar-refractivity contribution >= 4 is 5.78 Å². The van der Waals surface area contributed by atoms with Crippen LogP contribution in [0, 0.1) is 0 Å². The molecule has 0 aliphatic carbocycles. The molecule has 46 heavy (non-hydrogen) atoms. The Balaban J connectivity index is 1.54. The molecule has 7 rings (SSSR count). The summed E-state index contributed by atoms with van der Waals surface area (Å²) in [4.78, 5) is 18.7. The number of methoxy groups -OCH3 is 3. The monoisotopic (exact) mass is 622 g/mol. The number of likely N-dealkylation sites (N-methyl/N-ethyl adjacent to an activating group) is 2. The maximum Gasteiger partial charge on any atom is 0.201 e. The van der Waals surface area contributed by atoms with Crippen LogP contribution in [-0.2, 0) is 19.3 Å². The molecule has 0 radical (unpaired) electrons. The van der Waals surface area contributed by atoms with Crippen molar-refractivity contribution in [3.05, 3.63) is 88.0 Å². The smallest absolute Gasteiger partial charge is 0.201 e. The molecule has 3 aliphatic rings. The first-order chi connectivity index (χ1) is 22.2. The van der Waals surface area contributed by atoms with Crippen LogP contribution in [0.4, 0.5) is 0 Å². The largest absolute Gasteiger partial charge is 0.507 e. The summed E-state index contributed by atoms with van der Waals surface area (Å²) < 4.78 is 23.9. The van der Waals surface area contributed by atoms with Gasteiger partial charge in [-0.1, -0.05) is 6.07 Å². The maximum absolute atomic E-state index is 14.4. The van der Waals surface area contributed by atoms with Crippen molar-refractivity contribution in [3.63, 3.8) is 0 Å². The molecule has 3 aliphatic heterocycles. The normalized spacial score (nSPS) is 19.2.